The molecule has 3 heteroatoms. The van der Waals surface area contributed by atoms with E-state index in [1.165, 1.54) is 22.3 Å². The lowest BCUT2D eigenvalue weighted by Crippen LogP contribution is -1.99. The molecule has 0 spiro atoms. The van der Waals surface area contributed by atoms with E-state index in [4.69, 9.17) is 9.98 Å². The SMILES string of the molecule is Cc1cccc(C)c1Nc1cccc2ccc(C=Nc3c(C(C)C)cccc3C(C)C)nc12. The van der Waals surface area contributed by atoms with Crippen molar-refractivity contribution < 1.29 is 0 Å². The van der Waals surface area contributed by atoms with Crippen LogP contribution in [0, 0.1) is 13.8 Å². The van der Waals surface area contributed by atoms with Crippen molar-refractivity contribution in [2.75, 3.05) is 5.32 Å². The zero-order valence-electron chi connectivity index (χ0n) is 20.5. The zero-order chi connectivity index (χ0) is 23.5. The van der Waals surface area contributed by atoms with Crippen LogP contribution in [0.25, 0.3) is 10.9 Å². The Balaban J connectivity index is 1.76. The van der Waals surface area contributed by atoms with Crippen molar-refractivity contribution in [1.82, 2.24) is 4.98 Å². The predicted octanol–water partition coefficient (Wildman–Crippen LogP) is 8.59. The van der Waals surface area contributed by atoms with Crippen LogP contribution < -0.4 is 5.32 Å². The standard InChI is InChI=1S/C30H33N3/c1-19(2)25-13-9-14-26(20(3)4)30(25)31-18-24-17-16-23-12-8-15-27(29(23)32-24)33-28-21(5)10-7-11-22(28)6/h7-20,33H,1-6H3. The fourth-order valence-electron chi connectivity index (χ4n) is 4.27. The van der Waals surface area contributed by atoms with Crippen molar-refractivity contribution in [3.8, 4) is 0 Å². The van der Waals surface area contributed by atoms with Gasteiger partial charge in [0.1, 0.15) is 0 Å². The number of benzene rings is 3. The van der Waals surface area contributed by atoms with Gasteiger partial charge >= 0.3 is 0 Å². The Morgan fingerprint density at radius 3 is 2.00 bits per heavy atom. The number of aliphatic imine (C=N–C) groups is 1. The Hall–Kier alpha value is -3.46. The normalized spacial score (nSPS) is 11.8. The summed E-state index contributed by atoms with van der Waals surface area (Å²) in [6, 6.07) is 23.3. The molecule has 1 heterocycles. The molecule has 0 atom stereocenters. The van der Waals surface area contributed by atoms with E-state index >= 15 is 0 Å². The molecule has 0 saturated heterocycles. The summed E-state index contributed by atoms with van der Waals surface area (Å²) in [5.41, 5.74) is 10.0. The highest BCUT2D eigenvalue weighted by atomic mass is 14.9. The van der Waals surface area contributed by atoms with E-state index in [9.17, 15) is 0 Å². The number of hydrogen-bond acceptors (Lipinski definition) is 3. The summed E-state index contributed by atoms with van der Waals surface area (Å²) >= 11 is 0. The maximum Gasteiger partial charge on any atom is 0.0944 e. The van der Waals surface area contributed by atoms with Crippen LogP contribution in [0.4, 0.5) is 17.1 Å². The van der Waals surface area contributed by atoms with Crippen LogP contribution >= 0.6 is 0 Å². The van der Waals surface area contributed by atoms with Gasteiger partial charge in [-0.1, -0.05) is 82.3 Å². The molecule has 3 nitrogen and oxygen atoms in total. The van der Waals surface area contributed by atoms with Crippen LogP contribution in [0.15, 0.2) is 71.7 Å². The fraction of sp³-hybridized carbons (Fsp3) is 0.267. The van der Waals surface area contributed by atoms with Crippen LogP contribution in [-0.2, 0) is 0 Å². The van der Waals surface area contributed by atoms with Gasteiger partial charge in [0.25, 0.3) is 0 Å². The van der Waals surface area contributed by atoms with Gasteiger partial charge in [-0.2, -0.15) is 0 Å². The number of anilines is 2. The minimum absolute atomic E-state index is 0.411. The van der Waals surface area contributed by atoms with Gasteiger partial charge in [-0.25, -0.2) is 4.98 Å². The van der Waals surface area contributed by atoms with Crippen molar-refractivity contribution in [3.05, 3.63) is 94.7 Å². The third-order valence-corrected chi connectivity index (χ3v) is 6.15. The molecule has 0 radical (unpaired) electrons. The first-order valence-corrected chi connectivity index (χ1v) is 11.7. The summed E-state index contributed by atoms with van der Waals surface area (Å²) in [5, 5.41) is 4.73. The maximum absolute atomic E-state index is 4.98. The molecule has 0 aliphatic rings. The minimum Gasteiger partial charge on any atom is -0.353 e. The van der Waals surface area contributed by atoms with Crippen molar-refractivity contribution >= 4 is 34.2 Å². The summed E-state index contributed by atoms with van der Waals surface area (Å²) in [4.78, 5) is 9.94. The number of para-hydroxylation sites is 3. The van der Waals surface area contributed by atoms with Gasteiger partial charge in [0, 0.05) is 11.1 Å². The average molecular weight is 436 g/mol. The van der Waals surface area contributed by atoms with Crippen molar-refractivity contribution in [1.29, 1.82) is 0 Å². The molecular weight excluding hydrogens is 402 g/mol. The molecule has 1 N–H and O–H groups in total. The smallest absolute Gasteiger partial charge is 0.0944 e. The number of fused-ring (bicyclic) bond motifs is 1. The molecule has 0 aliphatic carbocycles. The van der Waals surface area contributed by atoms with E-state index in [0.29, 0.717) is 11.8 Å². The van der Waals surface area contributed by atoms with Gasteiger partial charge in [-0.05, 0) is 60.1 Å². The summed E-state index contributed by atoms with van der Waals surface area (Å²) in [7, 11) is 0. The zero-order valence-corrected chi connectivity index (χ0v) is 20.5. The molecule has 4 aromatic rings. The molecule has 0 bridgehead atoms. The van der Waals surface area contributed by atoms with Gasteiger partial charge in [0.2, 0.25) is 0 Å². The number of aryl methyl sites for hydroxylation is 2. The highest BCUT2D eigenvalue weighted by molar-refractivity contribution is 5.95. The number of nitrogens with zero attached hydrogens (tertiary/aromatic N) is 2. The van der Waals surface area contributed by atoms with E-state index in [2.05, 4.69) is 108 Å². The Morgan fingerprint density at radius 2 is 1.36 bits per heavy atom. The topological polar surface area (TPSA) is 37.3 Å². The number of hydrogen-bond donors (Lipinski definition) is 1. The highest BCUT2D eigenvalue weighted by Crippen LogP contribution is 2.35. The number of nitrogens with one attached hydrogen (secondary N) is 1. The van der Waals surface area contributed by atoms with Gasteiger partial charge in [0.15, 0.2) is 0 Å². The average Bonchev–Trinajstić information content (AvgIpc) is 2.79. The third-order valence-electron chi connectivity index (χ3n) is 6.15. The number of aromatic nitrogens is 1. The molecule has 33 heavy (non-hydrogen) atoms. The van der Waals surface area contributed by atoms with E-state index < -0.39 is 0 Å². The molecule has 3 aromatic carbocycles. The number of pyridine rings is 1. The van der Waals surface area contributed by atoms with Crippen LogP contribution in [-0.4, -0.2) is 11.2 Å². The molecule has 168 valence electrons. The Labute approximate surface area is 197 Å². The second-order valence-corrected chi connectivity index (χ2v) is 9.36. The molecule has 0 amide bonds. The summed E-state index contributed by atoms with van der Waals surface area (Å²) < 4.78 is 0. The molecule has 0 unspecified atom stereocenters. The van der Waals surface area contributed by atoms with E-state index in [1.54, 1.807) is 0 Å². The van der Waals surface area contributed by atoms with Gasteiger partial charge in [-0.15, -0.1) is 0 Å². The Bertz CT molecular complexity index is 1270. The quantitative estimate of drug-likeness (QED) is 0.308. The largest absolute Gasteiger partial charge is 0.353 e. The molecule has 4 rings (SSSR count). The maximum atomic E-state index is 4.98. The van der Waals surface area contributed by atoms with E-state index in [-0.39, 0.29) is 0 Å². The first-order valence-electron chi connectivity index (χ1n) is 11.7. The van der Waals surface area contributed by atoms with Crippen LogP contribution in [0.3, 0.4) is 0 Å². The molecule has 1 aromatic heterocycles. The lowest BCUT2D eigenvalue weighted by atomic mass is 9.93. The fourth-order valence-corrected chi connectivity index (χ4v) is 4.27. The summed E-state index contributed by atoms with van der Waals surface area (Å²) in [5.74, 6) is 0.821. The van der Waals surface area contributed by atoms with Crippen molar-refractivity contribution in [2.45, 2.75) is 53.4 Å². The molecule has 0 saturated carbocycles. The van der Waals surface area contributed by atoms with Crippen molar-refractivity contribution in [3.63, 3.8) is 0 Å². The number of rotatable bonds is 6. The Kier molecular flexibility index (Phi) is 6.60. The van der Waals surface area contributed by atoms with Crippen molar-refractivity contribution in [2.24, 2.45) is 4.99 Å². The summed E-state index contributed by atoms with van der Waals surface area (Å²) in [6.45, 7) is 13.1. The lowest BCUT2D eigenvalue weighted by Gasteiger charge is -2.16. The second kappa shape index (κ2) is 9.58. The molecule has 0 fully saturated rings. The monoisotopic (exact) mass is 435 g/mol. The predicted molar refractivity (Wildman–Crippen MR) is 143 cm³/mol. The lowest BCUT2D eigenvalue weighted by molar-refractivity contribution is 0.835. The van der Waals surface area contributed by atoms with Gasteiger partial charge in [0.05, 0.1) is 28.8 Å². The van der Waals surface area contributed by atoms with E-state index in [0.717, 1.165) is 33.7 Å². The Morgan fingerprint density at radius 1 is 0.758 bits per heavy atom. The van der Waals surface area contributed by atoms with Gasteiger partial charge in [-0.3, -0.25) is 4.99 Å². The third kappa shape index (κ3) is 4.83. The first-order chi connectivity index (χ1) is 15.8. The summed E-state index contributed by atoms with van der Waals surface area (Å²) in [6.07, 6.45) is 1.91. The highest BCUT2D eigenvalue weighted by Gasteiger charge is 2.13. The first kappa shape index (κ1) is 22.7. The van der Waals surface area contributed by atoms with Crippen LogP contribution in [0.1, 0.15) is 67.5 Å². The molecular formula is C30H33N3. The van der Waals surface area contributed by atoms with Gasteiger partial charge < -0.3 is 5.32 Å². The van der Waals surface area contributed by atoms with Crippen LogP contribution in [0.5, 0.6) is 0 Å². The van der Waals surface area contributed by atoms with Crippen LogP contribution in [0.2, 0.25) is 0 Å². The molecule has 0 aliphatic heterocycles. The minimum atomic E-state index is 0.411. The van der Waals surface area contributed by atoms with E-state index in [1.807, 2.05) is 12.3 Å². The second-order valence-electron chi connectivity index (χ2n) is 9.36.